The van der Waals surface area contributed by atoms with Gasteiger partial charge in [0.05, 0.1) is 5.71 Å². The molecule has 3 rings (SSSR count). The van der Waals surface area contributed by atoms with E-state index in [2.05, 4.69) is 40.2 Å². The molecule has 0 radical (unpaired) electrons. The van der Waals surface area contributed by atoms with Crippen LogP contribution in [0.25, 0.3) is 0 Å². The van der Waals surface area contributed by atoms with E-state index in [1.54, 1.807) is 12.1 Å². The van der Waals surface area contributed by atoms with Gasteiger partial charge in [-0.2, -0.15) is 5.10 Å². The molecule has 0 saturated carbocycles. The molecule has 23 heavy (non-hydrogen) atoms. The lowest BCUT2D eigenvalue weighted by atomic mass is 10.1. The zero-order valence-electron chi connectivity index (χ0n) is 13.5. The second kappa shape index (κ2) is 7.29. The van der Waals surface area contributed by atoms with Crippen LogP contribution in [0.4, 0.5) is 0 Å². The van der Waals surface area contributed by atoms with Crippen LogP contribution in [0.1, 0.15) is 18.1 Å². The van der Waals surface area contributed by atoms with Crippen molar-refractivity contribution in [3.63, 3.8) is 0 Å². The van der Waals surface area contributed by atoms with Crippen LogP contribution in [-0.2, 0) is 6.54 Å². The van der Waals surface area contributed by atoms with Gasteiger partial charge in [-0.1, -0.05) is 30.3 Å². The molecule has 4 nitrogen and oxygen atoms in total. The average Bonchev–Trinajstić information content (AvgIpc) is 2.58. The van der Waals surface area contributed by atoms with E-state index in [1.165, 1.54) is 5.56 Å². The number of hydrazone groups is 1. The molecule has 1 heterocycles. The first-order chi connectivity index (χ1) is 11.2. The number of rotatable bonds is 4. The molecule has 1 aliphatic rings. The van der Waals surface area contributed by atoms with Crippen LogP contribution >= 0.6 is 0 Å². The van der Waals surface area contributed by atoms with Crippen molar-refractivity contribution in [1.82, 2.24) is 9.91 Å². The van der Waals surface area contributed by atoms with Gasteiger partial charge < -0.3 is 5.11 Å². The summed E-state index contributed by atoms with van der Waals surface area (Å²) in [7, 11) is 0. The molecule has 120 valence electrons. The van der Waals surface area contributed by atoms with Gasteiger partial charge in [-0.25, -0.2) is 0 Å². The molecular weight excluding hydrogens is 286 g/mol. The van der Waals surface area contributed by atoms with E-state index in [9.17, 15) is 5.11 Å². The van der Waals surface area contributed by atoms with Gasteiger partial charge in [0, 0.05) is 32.7 Å². The van der Waals surface area contributed by atoms with Gasteiger partial charge >= 0.3 is 0 Å². The van der Waals surface area contributed by atoms with E-state index in [4.69, 9.17) is 5.10 Å². The highest BCUT2D eigenvalue weighted by molar-refractivity contribution is 5.98. The molecule has 2 aromatic rings. The minimum atomic E-state index is 0.288. The summed E-state index contributed by atoms with van der Waals surface area (Å²) in [5, 5.41) is 16.2. The highest BCUT2D eigenvalue weighted by Crippen LogP contribution is 2.12. The number of phenols is 1. The van der Waals surface area contributed by atoms with Crippen LogP contribution in [0.5, 0.6) is 5.75 Å². The third-order valence-electron chi connectivity index (χ3n) is 4.17. The molecule has 0 atom stereocenters. The first kappa shape index (κ1) is 15.6. The molecule has 0 spiro atoms. The number of aromatic hydroxyl groups is 1. The highest BCUT2D eigenvalue weighted by Gasteiger charge is 2.16. The largest absolute Gasteiger partial charge is 0.508 e. The van der Waals surface area contributed by atoms with E-state index in [-0.39, 0.29) is 5.75 Å². The quantitative estimate of drug-likeness (QED) is 0.883. The molecule has 0 unspecified atom stereocenters. The number of piperazine rings is 1. The summed E-state index contributed by atoms with van der Waals surface area (Å²) in [6.07, 6.45) is 0. The topological polar surface area (TPSA) is 39.1 Å². The summed E-state index contributed by atoms with van der Waals surface area (Å²) >= 11 is 0. The summed E-state index contributed by atoms with van der Waals surface area (Å²) in [6.45, 7) is 6.98. The van der Waals surface area contributed by atoms with E-state index < -0.39 is 0 Å². The van der Waals surface area contributed by atoms with E-state index in [0.717, 1.165) is 44.0 Å². The molecule has 0 aromatic heterocycles. The average molecular weight is 309 g/mol. The van der Waals surface area contributed by atoms with Crippen molar-refractivity contribution in [1.29, 1.82) is 0 Å². The second-order valence-corrected chi connectivity index (χ2v) is 5.95. The molecule has 1 saturated heterocycles. The maximum Gasteiger partial charge on any atom is 0.115 e. The normalized spacial score (nSPS) is 16.6. The Bertz CT molecular complexity index is 644. The van der Waals surface area contributed by atoms with Gasteiger partial charge in [0.15, 0.2) is 0 Å². The summed E-state index contributed by atoms with van der Waals surface area (Å²) in [5.41, 5.74) is 3.40. The zero-order valence-corrected chi connectivity index (χ0v) is 13.5. The van der Waals surface area contributed by atoms with Crippen molar-refractivity contribution in [2.75, 3.05) is 26.2 Å². The van der Waals surface area contributed by atoms with Crippen LogP contribution in [0.15, 0.2) is 59.7 Å². The van der Waals surface area contributed by atoms with Crippen LogP contribution in [0.3, 0.4) is 0 Å². The predicted molar refractivity (Wildman–Crippen MR) is 93.6 cm³/mol. The summed E-state index contributed by atoms with van der Waals surface area (Å²) in [5.74, 6) is 0.288. The minimum absolute atomic E-state index is 0.288. The van der Waals surface area contributed by atoms with E-state index in [1.807, 2.05) is 19.1 Å². The SMILES string of the molecule is C/C(=N/N1CCN(Cc2ccccc2)CC1)c1ccc(O)cc1. The van der Waals surface area contributed by atoms with Crippen molar-refractivity contribution >= 4 is 5.71 Å². The summed E-state index contributed by atoms with van der Waals surface area (Å²) < 4.78 is 0. The Morgan fingerprint density at radius 1 is 0.957 bits per heavy atom. The van der Waals surface area contributed by atoms with E-state index >= 15 is 0 Å². The third kappa shape index (κ3) is 4.33. The van der Waals surface area contributed by atoms with Crippen LogP contribution in [0.2, 0.25) is 0 Å². The Hall–Kier alpha value is -2.33. The number of phenolic OH excluding ortho intramolecular Hbond substituents is 1. The summed E-state index contributed by atoms with van der Waals surface area (Å²) in [6, 6.07) is 17.8. The van der Waals surface area contributed by atoms with Gasteiger partial charge in [0.2, 0.25) is 0 Å². The summed E-state index contributed by atoms with van der Waals surface area (Å²) in [4.78, 5) is 2.47. The Morgan fingerprint density at radius 2 is 1.61 bits per heavy atom. The molecule has 1 fully saturated rings. The molecule has 0 bridgehead atoms. The van der Waals surface area contributed by atoms with Crippen molar-refractivity contribution in [3.05, 3.63) is 65.7 Å². The Kier molecular flexibility index (Phi) is 4.93. The van der Waals surface area contributed by atoms with Crippen molar-refractivity contribution in [2.24, 2.45) is 5.10 Å². The molecule has 1 aliphatic heterocycles. The Balaban J connectivity index is 1.54. The lowest BCUT2D eigenvalue weighted by Crippen LogP contribution is -2.43. The van der Waals surface area contributed by atoms with Crippen molar-refractivity contribution in [3.8, 4) is 5.75 Å². The van der Waals surface area contributed by atoms with Crippen LogP contribution in [0, 0.1) is 0 Å². The first-order valence-corrected chi connectivity index (χ1v) is 8.06. The predicted octanol–water partition coefficient (Wildman–Crippen LogP) is 2.93. The fraction of sp³-hybridized carbons (Fsp3) is 0.316. The van der Waals surface area contributed by atoms with Gasteiger partial charge in [-0.05, 0) is 42.3 Å². The maximum absolute atomic E-state index is 9.35. The lowest BCUT2D eigenvalue weighted by Gasteiger charge is -2.33. The Morgan fingerprint density at radius 3 is 2.26 bits per heavy atom. The van der Waals surface area contributed by atoms with Gasteiger partial charge in [0.1, 0.15) is 5.75 Å². The third-order valence-corrected chi connectivity index (χ3v) is 4.17. The van der Waals surface area contributed by atoms with Crippen LogP contribution < -0.4 is 0 Å². The van der Waals surface area contributed by atoms with Crippen molar-refractivity contribution < 1.29 is 5.11 Å². The van der Waals surface area contributed by atoms with E-state index in [0.29, 0.717) is 0 Å². The highest BCUT2D eigenvalue weighted by atomic mass is 16.3. The standard InChI is InChI=1S/C19H23N3O/c1-16(18-7-9-19(23)10-8-18)20-22-13-11-21(12-14-22)15-17-5-3-2-4-6-17/h2-10,23H,11-15H2,1H3/b20-16-. The fourth-order valence-corrected chi connectivity index (χ4v) is 2.81. The molecular formula is C19H23N3O. The van der Waals surface area contributed by atoms with Crippen molar-refractivity contribution in [2.45, 2.75) is 13.5 Å². The second-order valence-electron chi connectivity index (χ2n) is 5.95. The van der Waals surface area contributed by atoms with Gasteiger partial charge in [-0.15, -0.1) is 0 Å². The Labute approximate surface area is 137 Å². The molecule has 0 amide bonds. The number of nitrogens with zero attached hydrogens (tertiary/aromatic N) is 3. The monoisotopic (exact) mass is 309 g/mol. The van der Waals surface area contributed by atoms with Gasteiger partial charge in [0.25, 0.3) is 0 Å². The lowest BCUT2D eigenvalue weighted by molar-refractivity contribution is 0.130. The molecule has 4 heteroatoms. The first-order valence-electron chi connectivity index (χ1n) is 8.06. The number of hydrogen-bond acceptors (Lipinski definition) is 4. The fourth-order valence-electron chi connectivity index (χ4n) is 2.81. The molecule has 0 aliphatic carbocycles. The van der Waals surface area contributed by atoms with Crippen LogP contribution in [-0.4, -0.2) is 46.9 Å². The molecule has 2 aromatic carbocycles. The number of hydrogen-bond donors (Lipinski definition) is 1. The maximum atomic E-state index is 9.35. The smallest absolute Gasteiger partial charge is 0.115 e. The minimum Gasteiger partial charge on any atom is -0.508 e. The zero-order chi connectivity index (χ0) is 16.1. The molecule has 1 N–H and O–H groups in total. The van der Waals surface area contributed by atoms with Gasteiger partial charge in [-0.3, -0.25) is 9.91 Å². The number of benzene rings is 2.